The Kier molecular flexibility index (Phi) is 18.4. The fourth-order valence-electron chi connectivity index (χ4n) is 11.7. The second-order valence-corrected chi connectivity index (χ2v) is 22.2. The van der Waals surface area contributed by atoms with Crippen molar-refractivity contribution in [2.24, 2.45) is 5.92 Å². The fourth-order valence-corrected chi connectivity index (χ4v) is 11.7. The summed E-state index contributed by atoms with van der Waals surface area (Å²) in [5.74, 6) is -6.03. The maximum absolute atomic E-state index is 15.0. The Morgan fingerprint density at radius 1 is 0.863 bits per heavy atom. The average molecular weight is 1110 g/mol. The number of likely N-dealkylation sites (N-methyl/N-ethyl adjacent to an activating group) is 1. The molecule has 7 atom stereocenters. The Hall–Kier alpha value is -6.75. The summed E-state index contributed by atoms with van der Waals surface area (Å²) in [5, 5.41) is 17.3. The van der Waals surface area contributed by atoms with Crippen LogP contribution in [-0.2, 0) is 56.6 Å². The summed E-state index contributed by atoms with van der Waals surface area (Å²) >= 11 is 0. The van der Waals surface area contributed by atoms with Gasteiger partial charge >= 0.3 is 0 Å². The molecule has 6 N–H and O–H groups in total. The lowest BCUT2D eigenvalue weighted by molar-refractivity contribution is -0.144. The third kappa shape index (κ3) is 13.0. The second kappa shape index (κ2) is 25.4. The number of hydrogen-bond acceptors (Lipinski definition) is 12. The maximum atomic E-state index is 15.0. The van der Waals surface area contributed by atoms with E-state index in [1.54, 1.807) is 50.1 Å². The molecule has 3 saturated heterocycles. The molecule has 18 nitrogen and oxygen atoms in total. The molecule has 5 heterocycles. The lowest BCUT2D eigenvalue weighted by Gasteiger charge is -2.41. The number of morpholine rings is 1. The van der Waals surface area contributed by atoms with Crippen LogP contribution in [0.2, 0.25) is 0 Å². The number of halogens is 3. The number of hydrogen-bond donors (Lipinski definition) is 6. The lowest BCUT2D eigenvalue weighted by atomic mass is 9.83. The van der Waals surface area contributed by atoms with E-state index in [-0.39, 0.29) is 60.6 Å². The summed E-state index contributed by atoms with van der Waals surface area (Å²) in [6, 6.07) is 17.1. The number of nitrogens with zero attached hydrogens (tertiary/aromatic N) is 4. The molecular formula is C59H73F3N10O8. The first-order valence-corrected chi connectivity index (χ1v) is 27.7. The number of rotatable bonds is 18. The van der Waals surface area contributed by atoms with Gasteiger partial charge in [0.15, 0.2) is 0 Å². The minimum atomic E-state index is -1.46. The van der Waals surface area contributed by atoms with Crippen molar-refractivity contribution in [3.63, 3.8) is 0 Å². The van der Waals surface area contributed by atoms with Gasteiger partial charge in [0.1, 0.15) is 35.2 Å². The molecule has 0 aromatic heterocycles. The topological polar surface area (TPSA) is 206 Å². The lowest BCUT2D eigenvalue weighted by Crippen LogP contribution is -2.59. The summed E-state index contributed by atoms with van der Waals surface area (Å²) in [6.07, 6.45) is 2.20. The summed E-state index contributed by atoms with van der Waals surface area (Å²) in [7, 11) is 1.61. The smallest absolute Gasteiger partial charge is 0.252 e. The highest BCUT2D eigenvalue weighted by molar-refractivity contribution is 6.05. The van der Waals surface area contributed by atoms with E-state index in [2.05, 4.69) is 55.5 Å². The van der Waals surface area contributed by atoms with Crippen LogP contribution < -0.4 is 36.8 Å². The van der Waals surface area contributed by atoms with Gasteiger partial charge in [-0.2, -0.15) is 0 Å². The number of anilines is 3. The van der Waals surface area contributed by atoms with Crippen LogP contribution in [0.15, 0.2) is 78.9 Å². The number of para-hydroxylation sites is 1. The Morgan fingerprint density at radius 3 is 2.33 bits per heavy atom. The first kappa shape index (κ1) is 57.9. The van der Waals surface area contributed by atoms with Gasteiger partial charge in [-0.05, 0) is 137 Å². The molecule has 4 aromatic carbocycles. The van der Waals surface area contributed by atoms with Crippen LogP contribution in [0, 0.1) is 23.4 Å². The minimum Gasteiger partial charge on any atom is -0.381 e. The standard InChI is InChI=1S/C59H73F3N10O8/c1-35-30-70(44(28-64-35)17-20-69-21-24-80-33-36(69)2)32-51(74)72-34-59(4,46-16-11-39(26-49(46)72)25-38-9-13-42(60)14-10-38)58(78)65-29-50(73)66-43-15-12-41-31-71(54(45(41)27-43)56(76)68-53-47(61)7-6-8-48(53)62)57(77)52(40-18-22-79-23-19-40)67-55(75)37(3)63-5/h6-16,26-27,35-37,40,44,52,54,63-64H,17-25,28-34H2,1-5H3,(H,65,78)(H,66,73)(H,67,75)(H,68,76)/t35-,36-,37?,44-,52?,54+,59+/m1/s1. The molecule has 5 aliphatic rings. The molecule has 6 amide bonds. The molecular weight excluding hydrogens is 1030 g/mol. The summed E-state index contributed by atoms with van der Waals surface area (Å²) in [5.41, 5.74) is 1.88. The molecule has 0 radical (unpaired) electrons. The van der Waals surface area contributed by atoms with Crippen LogP contribution in [0.3, 0.4) is 0 Å². The van der Waals surface area contributed by atoms with Crippen LogP contribution in [0.25, 0.3) is 0 Å². The van der Waals surface area contributed by atoms with Crippen molar-refractivity contribution in [2.45, 2.75) is 102 Å². The molecule has 9 rings (SSSR count). The van der Waals surface area contributed by atoms with Gasteiger partial charge in [0.2, 0.25) is 29.5 Å². The van der Waals surface area contributed by atoms with E-state index in [1.807, 2.05) is 18.2 Å². The number of carbonyl (C=O) groups excluding carboxylic acids is 6. The summed E-state index contributed by atoms with van der Waals surface area (Å²) in [6.45, 7) is 12.3. The minimum absolute atomic E-state index is 0.0000786. The molecule has 3 fully saturated rings. The largest absolute Gasteiger partial charge is 0.381 e. The zero-order valence-corrected chi connectivity index (χ0v) is 46.0. The maximum Gasteiger partial charge on any atom is 0.252 e. The van der Waals surface area contributed by atoms with E-state index in [9.17, 15) is 33.2 Å². The fraction of sp³-hybridized carbons (Fsp3) is 0.492. The van der Waals surface area contributed by atoms with E-state index >= 15 is 8.78 Å². The third-order valence-corrected chi connectivity index (χ3v) is 16.5. The van der Waals surface area contributed by atoms with E-state index in [0.717, 1.165) is 55.4 Å². The molecule has 5 aliphatic heterocycles. The van der Waals surface area contributed by atoms with E-state index in [1.165, 1.54) is 23.1 Å². The molecule has 428 valence electrons. The second-order valence-electron chi connectivity index (χ2n) is 22.2. The first-order chi connectivity index (χ1) is 38.4. The Labute approximate surface area is 464 Å². The van der Waals surface area contributed by atoms with Gasteiger partial charge in [-0.3, -0.25) is 38.6 Å². The van der Waals surface area contributed by atoms with E-state index in [0.29, 0.717) is 75.1 Å². The van der Waals surface area contributed by atoms with Gasteiger partial charge in [-0.25, -0.2) is 13.2 Å². The van der Waals surface area contributed by atoms with Crippen LogP contribution >= 0.6 is 0 Å². The Balaban J connectivity index is 0.927. The molecule has 0 aliphatic carbocycles. The van der Waals surface area contributed by atoms with Gasteiger partial charge in [0.25, 0.3) is 5.91 Å². The quantitative estimate of drug-likeness (QED) is 0.0823. The van der Waals surface area contributed by atoms with Gasteiger partial charge < -0.3 is 51.2 Å². The highest BCUT2D eigenvalue weighted by Crippen LogP contribution is 2.43. The van der Waals surface area contributed by atoms with Crippen molar-refractivity contribution < 1.29 is 51.4 Å². The number of carbonyl (C=O) groups is 6. The van der Waals surface area contributed by atoms with Gasteiger partial charge in [-0.1, -0.05) is 36.4 Å². The van der Waals surface area contributed by atoms with Crippen molar-refractivity contribution in [2.75, 3.05) is 94.8 Å². The van der Waals surface area contributed by atoms with Gasteiger partial charge in [0, 0.05) is 82.0 Å². The number of piperazine rings is 1. The van der Waals surface area contributed by atoms with Crippen molar-refractivity contribution in [3.05, 3.63) is 124 Å². The van der Waals surface area contributed by atoms with Crippen molar-refractivity contribution in [1.82, 2.24) is 36.0 Å². The van der Waals surface area contributed by atoms with Crippen LogP contribution in [0.1, 0.15) is 80.8 Å². The summed E-state index contributed by atoms with van der Waals surface area (Å²) in [4.78, 5) is 93.4. The highest BCUT2D eigenvalue weighted by atomic mass is 19.1. The molecule has 80 heavy (non-hydrogen) atoms. The molecule has 0 saturated carbocycles. The van der Waals surface area contributed by atoms with Crippen molar-refractivity contribution >= 4 is 52.5 Å². The normalized spacial score (nSPS) is 23.1. The van der Waals surface area contributed by atoms with Crippen LogP contribution in [0.4, 0.5) is 30.2 Å². The third-order valence-electron chi connectivity index (χ3n) is 16.5. The number of amides is 6. The van der Waals surface area contributed by atoms with Gasteiger partial charge in [-0.15, -0.1) is 0 Å². The van der Waals surface area contributed by atoms with Crippen molar-refractivity contribution in [3.8, 4) is 0 Å². The molecule has 0 bridgehead atoms. The Bertz CT molecular complexity index is 2930. The average Bonchev–Trinajstić information content (AvgIpc) is 4.22. The monoisotopic (exact) mass is 1110 g/mol. The van der Waals surface area contributed by atoms with Crippen LogP contribution in [-0.4, -0.2) is 160 Å². The van der Waals surface area contributed by atoms with Gasteiger partial charge in [0.05, 0.1) is 37.8 Å². The predicted molar refractivity (Wildman–Crippen MR) is 295 cm³/mol. The van der Waals surface area contributed by atoms with Crippen molar-refractivity contribution in [1.29, 1.82) is 0 Å². The SMILES string of the molecule is CNC(C)C(=O)NC(C(=O)N1Cc2ccc(NC(=O)CNC(=O)[C@@]3(C)CN(C(=O)CN4C[C@@H](C)NC[C@H]4CCN4CCOC[C@H]4C)c4cc(Cc5ccc(F)cc5)ccc43)cc2[C@H]1C(=O)Nc1c(F)cccc1F)C1CCOCC1. The first-order valence-electron chi connectivity index (χ1n) is 27.7. The zero-order chi connectivity index (χ0) is 56.8. The summed E-state index contributed by atoms with van der Waals surface area (Å²) < 4.78 is 55.2. The number of ether oxygens (including phenoxy) is 2. The number of nitrogens with one attached hydrogen (secondary N) is 6. The molecule has 2 unspecified atom stereocenters. The predicted octanol–water partition coefficient (Wildman–Crippen LogP) is 4.37. The number of benzene rings is 4. The molecule has 4 aromatic rings. The zero-order valence-electron chi connectivity index (χ0n) is 46.0. The van der Waals surface area contributed by atoms with E-state index in [4.69, 9.17) is 9.47 Å². The molecule has 21 heteroatoms. The Morgan fingerprint density at radius 2 is 1.60 bits per heavy atom. The highest BCUT2D eigenvalue weighted by Gasteiger charge is 2.48. The van der Waals surface area contributed by atoms with Crippen LogP contribution in [0.5, 0.6) is 0 Å². The van der Waals surface area contributed by atoms with E-state index < -0.39 is 76.9 Å². The number of fused-ring (bicyclic) bond motifs is 2. The molecule has 0 spiro atoms.